The highest BCUT2D eigenvalue weighted by Crippen LogP contribution is 2.40. The van der Waals surface area contributed by atoms with Gasteiger partial charge in [-0.25, -0.2) is 12.8 Å². The molecule has 0 radical (unpaired) electrons. The number of benzene rings is 3. The summed E-state index contributed by atoms with van der Waals surface area (Å²) < 4.78 is 42.1. The van der Waals surface area contributed by atoms with E-state index in [2.05, 4.69) is 5.32 Å². The second-order valence-corrected chi connectivity index (χ2v) is 8.47. The van der Waals surface area contributed by atoms with Gasteiger partial charge in [-0.05, 0) is 24.3 Å². The van der Waals surface area contributed by atoms with E-state index >= 15 is 0 Å². The van der Waals surface area contributed by atoms with Crippen molar-refractivity contribution in [2.45, 2.75) is 17.6 Å². The number of fused-ring (bicyclic) bond motifs is 1. The summed E-state index contributed by atoms with van der Waals surface area (Å²) in [7, 11) is -3.87. The van der Waals surface area contributed by atoms with Crippen LogP contribution in [-0.2, 0) is 16.6 Å². The van der Waals surface area contributed by atoms with Crippen LogP contribution < -0.4 is 5.32 Å². The Balaban J connectivity index is 1.88. The van der Waals surface area contributed by atoms with Gasteiger partial charge in [0.15, 0.2) is 0 Å². The lowest BCUT2D eigenvalue weighted by Crippen LogP contribution is -2.42. The van der Waals surface area contributed by atoms with Crippen molar-refractivity contribution in [3.05, 3.63) is 94.8 Å². The van der Waals surface area contributed by atoms with Crippen LogP contribution in [-0.4, -0.2) is 12.7 Å². The van der Waals surface area contributed by atoms with Crippen LogP contribution >= 0.6 is 11.6 Å². The van der Waals surface area contributed by atoms with E-state index < -0.39 is 22.0 Å². The minimum atomic E-state index is -3.87. The molecule has 0 spiro atoms. The fraction of sp³-hybridized carbons (Fsp3) is 0.100. The molecule has 1 aliphatic rings. The molecular formula is C20H16ClFN2O2S. The molecule has 0 fully saturated rings. The third-order valence-electron chi connectivity index (χ3n) is 4.54. The van der Waals surface area contributed by atoms with Gasteiger partial charge in [-0.15, -0.1) is 0 Å². The zero-order valence-corrected chi connectivity index (χ0v) is 15.7. The molecule has 0 aliphatic carbocycles. The number of hydrogen-bond donors (Lipinski definition) is 1. The molecule has 0 amide bonds. The summed E-state index contributed by atoms with van der Waals surface area (Å²) in [4.78, 5) is 0.157. The Morgan fingerprint density at radius 1 is 0.963 bits per heavy atom. The topological polar surface area (TPSA) is 49.4 Å². The van der Waals surface area contributed by atoms with Gasteiger partial charge in [0.1, 0.15) is 16.9 Å². The largest absolute Gasteiger partial charge is 0.364 e. The molecule has 1 heterocycles. The second kappa shape index (κ2) is 6.96. The van der Waals surface area contributed by atoms with Gasteiger partial charge < -0.3 is 5.32 Å². The van der Waals surface area contributed by atoms with Gasteiger partial charge in [0.25, 0.3) is 0 Å². The lowest BCUT2D eigenvalue weighted by molar-refractivity contribution is 0.331. The van der Waals surface area contributed by atoms with Gasteiger partial charge in [-0.1, -0.05) is 60.1 Å². The number of nitrogens with one attached hydrogen (secondary N) is 1. The van der Waals surface area contributed by atoms with E-state index in [0.717, 1.165) is 0 Å². The summed E-state index contributed by atoms with van der Waals surface area (Å²) in [5, 5.41) is 3.67. The smallest absolute Gasteiger partial charge is 0.247 e. The average molecular weight is 403 g/mol. The Bertz CT molecular complexity index is 1100. The zero-order valence-electron chi connectivity index (χ0n) is 14.1. The molecule has 138 valence electrons. The third kappa shape index (κ3) is 3.20. The fourth-order valence-corrected chi connectivity index (χ4v) is 5.10. The predicted molar refractivity (Wildman–Crippen MR) is 103 cm³/mol. The van der Waals surface area contributed by atoms with Crippen LogP contribution in [0.4, 0.5) is 10.1 Å². The van der Waals surface area contributed by atoms with Crippen molar-refractivity contribution in [3.8, 4) is 0 Å². The van der Waals surface area contributed by atoms with Crippen molar-refractivity contribution in [2.24, 2.45) is 0 Å². The molecule has 4 nitrogen and oxygen atoms in total. The maximum atomic E-state index is 14.2. The SMILES string of the molecule is O=S1(=O)c2ccccc2N[C@H](c2ccccc2Cl)N1Cc1ccccc1F. The molecule has 0 unspecified atom stereocenters. The first-order valence-electron chi connectivity index (χ1n) is 8.34. The maximum Gasteiger partial charge on any atom is 0.247 e. The Labute approximate surface area is 162 Å². The van der Waals surface area contributed by atoms with Crippen molar-refractivity contribution in [1.82, 2.24) is 4.31 Å². The van der Waals surface area contributed by atoms with Crippen molar-refractivity contribution in [2.75, 3.05) is 5.32 Å². The first-order valence-corrected chi connectivity index (χ1v) is 10.2. The van der Waals surface area contributed by atoms with E-state index in [1.807, 2.05) is 0 Å². The molecule has 4 rings (SSSR count). The Morgan fingerprint density at radius 2 is 1.63 bits per heavy atom. The Morgan fingerprint density at radius 3 is 2.41 bits per heavy atom. The molecule has 0 saturated carbocycles. The summed E-state index contributed by atoms with van der Waals surface area (Å²) in [6.45, 7) is -0.119. The highest BCUT2D eigenvalue weighted by Gasteiger charge is 2.39. The quantitative estimate of drug-likeness (QED) is 0.685. The highest BCUT2D eigenvalue weighted by molar-refractivity contribution is 7.89. The van der Waals surface area contributed by atoms with Crippen molar-refractivity contribution in [3.63, 3.8) is 0 Å². The molecule has 7 heteroatoms. The minimum Gasteiger partial charge on any atom is -0.364 e. The van der Waals surface area contributed by atoms with E-state index in [-0.39, 0.29) is 11.4 Å². The van der Waals surface area contributed by atoms with Crippen LogP contribution in [0.15, 0.2) is 77.7 Å². The fourth-order valence-electron chi connectivity index (χ4n) is 3.20. The molecule has 0 aromatic heterocycles. The molecule has 3 aromatic rings. The summed E-state index contributed by atoms with van der Waals surface area (Å²) in [6.07, 6.45) is -0.752. The number of hydrogen-bond acceptors (Lipinski definition) is 3. The summed E-state index contributed by atoms with van der Waals surface area (Å²) in [5.41, 5.74) is 1.39. The average Bonchev–Trinajstić information content (AvgIpc) is 2.66. The van der Waals surface area contributed by atoms with Crippen LogP contribution in [0.3, 0.4) is 0 Å². The van der Waals surface area contributed by atoms with Crippen LogP contribution in [0.5, 0.6) is 0 Å². The summed E-state index contributed by atoms with van der Waals surface area (Å²) in [5.74, 6) is -0.454. The number of halogens is 2. The molecular weight excluding hydrogens is 387 g/mol. The van der Waals surface area contributed by atoms with Crippen molar-refractivity contribution >= 4 is 27.3 Å². The number of nitrogens with zero attached hydrogens (tertiary/aromatic N) is 1. The number of sulfonamides is 1. The standard InChI is InChI=1S/C20H16ClFN2O2S/c21-16-9-3-2-8-15(16)20-23-18-11-5-6-12-19(18)27(25,26)24(20)13-14-7-1-4-10-17(14)22/h1-12,20,23H,13H2/t20-/m0/s1. The lowest BCUT2D eigenvalue weighted by atomic mass is 10.1. The van der Waals surface area contributed by atoms with E-state index in [0.29, 0.717) is 21.8 Å². The zero-order chi connectivity index (χ0) is 19.0. The predicted octanol–water partition coefficient (Wildman–Crippen LogP) is 4.79. The number of anilines is 1. The molecule has 0 bridgehead atoms. The minimum absolute atomic E-state index is 0.119. The van der Waals surface area contributed by atoms with Crippen LogP contribution in [0.1, 0.15) is 17.3 Å². The van der Waals surface area contributed by atoms with E-state index in [4.69, 9.17) is 11.6 Å². The lowest BCUT2D eigenvalue weighted by Gasteiger charge is -2.37. The summed E-state index contributed by atoms with van der Waals surface area (Å²) >= 11 is 6.34. The third-order valence-corrected chi connectivity index (χ3v) is 6.75. The first kappa shape index (κ1) is 18.0. The highest BCUT2D eigenvalue weighted by atomic mass is 35.5. The molecule has 27 heavy (non-hydrogen) atoms. The van der Waals surface area contributed by atoms with Crippen LogP contribution in [0.25, 0.3) is 0 Å². The maximum absolute atomic E-state index is 14.2. The summed E-state index contributed by atoms with van der Waals surface area (Å²) in [6, 6.07) is 19.8. The van der Waals surface area contributed by atoms with Gasteiger partial charge in [0.2, 0.25) is 10.0 Å². The molecule has 1 aliphatic heterocycles. The van der Waals surface area contributed by atoms with Crippen molar-refractivity contribution in [1.29, 1.82) is 0 Å². The Hall–Kier alpha value is -2.41. The number of rotatable bonds is 3. The van der Waals surface area contributed by atoms with Crippen molar-refractivity contribution < 1.29 is 12.8 Å². The second-order valence-electron chi connectivity index (χ2n) is 6.21. The van der Waals surface area contributed by atoms with E-state index in [1.165, 1.54) is 16.4 Å². The normalized spacial score (nSPS) is 18.5. The number of para-hydroxylation sites is 1. The molecule has 0 saturated heterocycles. The molecule has 3 aromatic carbocycles. The Kier molecular flexibility index (Phi) is 4.63. The van der Waals surface area contributed by atoms with Gasteiger partial charge in [-0.3, -0.25) is 0 Å². The van der Waals surface area contributed by atoms with E-state index in [9.17, 15) is 12.8 Å². The van der Waals surface area contributed by atoms with E-state index in [1.54, 1.807) is 60.7 Å². The van der Waals surface area contributed by atoms with Gasteiger partial charge in [0, 0.05) is 22.7 Å². The van der Waals surface area contributed by atoms with Crippen LogP contribution in [0.2, 0.25) is 5.02 Å². The van der Waals surface area contributed by atoms with Gasteiger partial charge in [-0.2, -0.15) is 4.31 Å². The molecule has 1 N–H and O–H groups in total. The molecule has 1 atom stereocenters. The van der Waals surface area contributed by atoms with Crippen LogP contribution in [0, 0.1) is 5.82 Å². The van der Waals surface area contributed by atoms with Gasteiger partial charge >= 0.3 is 0 Å². The monoisotopic (exact) mass is 402 g/mol. The first-order chi connectivity index (χ1) is 13.0. The van der Waals surface area contributed by atoms with Gasteiger partial charge in [0.05, 0.1) is 5.69 Å².